The largest absolute Gasteiger partial charge is 0.351 e. The molecule has 6 nitrogen and oxygen atoms in total. The first kappa shape index (κ1) is 17.6. The van der Waals surface area contributed by atoms with Gasteiger partial charge in [0.1, 0.15) is 11.6 Å². The van der Waals surface area contributed by atoms with E-state index in [4.69, 9.17) is 0 Å². The van der Waals surface area contributed by atoms with Crippen LogP contribution in [0.25, 0.3) is 0 Å². The van der Waals surface area contributed by atoms with Gasteiger partial charge in [-0.3, -0.25) is 9.69 Å². The molecule has 1 aromatic carbocycles. The summed E-state index contributed by atoms with van der Waals surface area (Å²) in [6.07, 6.45) is 2.15. The summed E-state index contributed by atoms with van der Waals surface area (Å²) in [6, 6.07) is 10.2. The molecule has 1 N–H and O–H groups in total. The third kappa shape index (κ3) is 4.25. The highest BCUT2D eigenvalue weighted by Gasteiger charge is 2.29. The highest BCUT2D eigenvalue weighted by Crippen LogP contribution is 2.23. The molecule has 2 aromatic rings. The van der Waals surface area contributed by atoms with E-state index in [0.717, 1.165) is 43.1 Å². The number of aromatic nitrogens is 3. The second-order valence-corrected chi connectivity index (χ2v) is 6.82. The normalized spacial score (nSPS) is 19.6. The molecule has 2 atom stereocenters. The van der Waals surface area contributed by atoms with Gasteiger partial charge in [0.05, 0.1) is 12.1 Å². The number of likely N-dealkylation sites (tertiary alicyclic amines) is 1. The summed E-state index contributed by atoms with van der Waals surface area (Å²) >= 11 is 0. The van der Waals surface area contributed by atoms with Crippen molar-refractivity contribution in [3.05, 3.63) is 47.5 Å². The van der Waals surface area contributed by atoms with Crippen LogP contribution in [0.3, 0.4) is 0 Å². The van der Waals surface area contributed by atoms with Crippen LogP contribution < -0.4 is 5.32 Å². The van der Waals surface area contributed by atoms with Crippen molar-refractivity contribution >= 4 is 5.91 Å². The van der Waals surface area contributed by atoms with Crippen molar-refractivity contribution in [3.63, 3.8) is 0 Å². The zero-order chi connectivity index (χ0) is 17.8. The van der Waals surface area contributed by atoms with Crippen molar-refractivity contribution in [2.45, 2.75) is 52.2 Å². The fourth-order valence-electron chi connectivity index (χ4n) is 3.52. The SMILES string of the molecule is Cc1nc(C)n(C2CCCN(C(C)C(=O)NCc3ccccc3)C2)n1. The molecule has 25 heavy (non-hydrogen) atoms. The Bertz CT molecular complexity index is 712. The fourth-order valence-corrected chi connectivity index (χ4v) is 3.52. The number of nitrogens with zero attached hydrogens (tertiary/aromatic N) is 4. The number of nitrogens with one attached hydrogen (secondary N) is 1. The first-order valence-corrected chi connectivity index (χ1v) is 9.00. The molecule has 6 heteroatoms. The van der Waals surface area contributed by atoms with Gasteiger partial charge in [0, 0.05) is 13.1 Å². The molecular formula is C19H27N5O. The molecule has 1 amide bonds. The second-order valence-electron chi connectivity index (χ2n) is 6.82. The molecule has 1 saturated heterocycles. The molecule has 0 bridgehead atoms. The maximum atomic E-state index is 12.5. The van der Waals surface area contributed by atoms with Crippen molar-refractivity contribution in [2.75, 3.05) is 13.1 Å². The summed E-state index contributed by atoms with van der Waals surface area (Å²) in [4.78, 5) is 19.2. The molecule has 0 spiro atoms. The van der Waals surface area contributed by atoms with Gasteiger partial charge in [-0.2, -0.15) is 5.10 Å². The van der Waals surface area contributed by atoms with E-state index < -0.39 is 0 Å². The molecule has 1 fully saturated rings. The van der Waals surface area contributed by atoms with Crippen LogP contribution in [0.2, 0.25) is 0 Å². The van der Waals surface area contributed by atoms with Gasteiger partial charge in [-0.25, -0.2) is 9.67 Å². The first-order chi connectivity index (χ1) is 12.0. The smallest absolute Gasteiger partial charge is 0.237 e. The molecule has 3 rings (SSSR count). The minimum absolute atomic E-state index is 0.0796. The zero-order valence-corrected chi connectivity index (χ0v) is 15.3. The molecule has 1 aliphatic heterocycles. The lowest BCUT2D eigenvalue weighted by Crippen LogP contribution is -2.49. The van der Waals surface area contributed by atoms with E-state index in [0.29, 0.717) is 12.6 Å². The molecule has 0 saturated carbocycles. The number of hydrogen-bond acceptors (Lipinski definition) is 4. The van der Waals surface area contributed by atoms with Gasteiger partial charge in [0.15, 0.2) is 0 Å². The molecule has 1 aliphatic rings. The Balaban J connectivity index is 1.58. The Morgan fingerprint density at radius 1 is 1.32 bits per heavy atom. The molecule has 134 valence electrons. The Morgan fingerprint density at radius 3 is 2.76 bits per heavy atom. The topological polar surface area (TPSA) is 63.1 Å². The van der Waals surface area contributed by atoms with Gasteiger partial charge in [-0.1, -0.05) is 30.3 Å². The summed E-state index contributed by atoms with van der Waals surface area (Å²) in [6.45, 7) is 8.26. The first-order valence-electron chi connectivity index (χ1n) is 9.00. The highest BCUT2D eigenvalue weighted by molar-refractivity contribution is 5.81. The van der Waals surface area contributed by atoms with Crippen LogP contribution in [0.5, 0.6) is 0 Å². The second kappa shape index (κ2) is 7.78. The summed E-state index contributed by atoms with van der Waals surface area (Å²) in [7, 11) is 0. The van der Waals surface area contributed by atoms with E-state index in [-0.39, 0.29) is 11.9 Å². The van der Waals surface area contributed by atoms with Crippen LogP contribution in [0.4, 0.5) is 0 Å². The number of amides is 1. The third-order valence-electron chi connectivity index (χ3n) is 4.92. The monoisotopic (exact) mass is 341 g/mol. The van der Waals surface area contributed by atoms with Gasteiger partial charge in [-0.05, 0) is 45.7 Å². The maximum Gasteiger partial charge on any atom is 0.237 e. The van der Waals surface area contributed by atoms with E-state index in [1.807, 2.05) is 55.8 Å². The quantitative estimate of drug-likeness (QED) is 0.906. The highest BCUT2D eigenvalue weighted by atomic mass is 16.2. The number of aryl methyl sites for hydroxylation is 2. The van der Waals surface area contributed by atoms with Crippen LogP contribution in [0.1, 0.15) is 43.0 Å². The molecular weight excluding hydrogens is 314 g/mol. The fraction of sp³-hybridized carbons (Fsp3) is 0.526. The van der Waals surface area contributed by atoms with Crippen molar-refractivity contribution in [1.29, 1.82) is 0 Å². The standard InChI is InChI=1S/C19H27N5O/c1-14(19(25)20-12-17-8-5-4-6-9-17)23-11-7-10-18(13-23)24-16(3)21-15(2)22-24/h4-6,8-9,14,18H,7,10-13H2,1-3H3,(H,20,25). The number of piperidine rings is 1. The van der Waals surface area contributed by atoms with Gasteiger partial charge in [0.25, 0.3) is 0 Å². The minimum Gasteiger partial charge on any atom is -0.351 e. The third-order valence-corrected chi connectivity index (χ3v) is 4.92. The summed E-state index contributed by atoms with van der Waals surface area (Å²) < 4.78 is 2.02. The van der Waals surface area contributed by atoms with E-state index in [1.54, 1.807) is 0 Å². The van der Waals surface area contributed by atoms with E-state index in [9.17, 15) is 4.79 Å². The average molecular weight is 341 g/mol. The summed E-state index contributed by atoms with van der Waals surface area (Å²) in [5.74, 6) is 1.84. The van der Waals surface area contributed by atoms with Crippen LogP contribution >= 0.6 is 0 Å². The molecule has 2 heterocycles. The van der Waals surface area contributed by atoms with Crippen LogP contribution in [-0.2, 0) is 11.3 Å². The van der Waals surface area contributed by atoms with Crippen LogP contribution in [0, 0.1) is 13.8 Å². The summed E-state index contributed by atoms with van der Waals surface area (Å²) in [5, 5.41) is 7.58. The van der Waals surface area contributed by atoms with Crippen molar-refractivity contribution in [1.82, 2.24) is 25.0 Å². The number of benzene rings is 1. The van der Waals surface area contributed by atoms with E-state index >= 15 is 0 Å². The van der Waals surface area contributed by atoms with Gasteiger partial charge >= 0.3 is 0 Å². The maximum absolute atomic E-state index is 12.5. The Kier molecular flexibility index (Phi) is 5.48. The number of carbonyl (C=O) groups excluding carboxylic acids is 1. The summed E-state index contributed by atoms with van der Waals surface area (Å²) in [5.41, 5.74) is 1.12. The molecule has 0 aliphatic carbocycles. The number of hydrogen-bond donors (Lipinski definition) is 1. The molecule has 1 aromatic heterocycles. The van der Waals surface area contributed by atoms with E-state index in [2.05, 4.69) is 20.3 Å². The van der Waals surface area contributed by atoms with Crippen molar-refractivity contribution in [2.24, 2.45) is 0 Å². The van der Waals surface area contributed by atoms with Crippen molar-refractivity contribution in [3.8, 4) is 0 Å². The Labute approximate surface area is 149 Å². The van der Waals surface area contributed by atoms with Gasteiger partial charge in [-0.15, -0.1) is 0 Å². The average Bonchev–Trinajstić information content (AvgIpc) is 2.98. The Hall–Kier alpha value is -2.21. The van der Waals surface area contributed by atoms with E-state index in [1.165, 1.54) is 0 Å². The zero-order valence-electron chi connectivity index (χ0n) is 15.3. The lowest BCUT2D eigenvalue weighted by molar-refractivity contribution is -0.126. The van der Waals surface area contributed by atoms with Gasteiger partial charge < -0.3 is 5.32 Å². The number of rotatable bonds is 5. The Morgan fingerprint density at radius 2 is 2.08 bits per heavy atom. The minimum atomic E-state index is -0.142. The molecule has 2 unspecified atom stereocenters. The van der Waals surface area contributed by atoms with Crippen molar-refractivity contribution < 1.29 is 4.79 Å². The van der Waals surface area contributed by atoms with Crippen LogP contribution in [-0.4, -0.2) is 44.7 Å². The molecule has 0 radical (unpaired) electrons. The lowest BCUT2D eigenvalue weighted by Gasteiger charge is -2.36. The van der Waals surface area contributed by atoms with Gasteiger partial charge in [0.2, 0.25) is 5.91 Å². The predicted molar refractivity (Wildman–Crippen MR) is 97.1 cm³/mol. The lowest BCUT2D eigenvalue weighted by atomic mass is 10.0. The number of carbonyl (C=O) groups is 1. The predicted octanol–water partition coefficient (Wildman–Crippen LogP) is 2.24. The van der Waals surface area contributed by atoms with Crippen LogP contribution in [0.15, 0.2) is 30.3 Å².